The number of alkyl halides is 3. The van der Waals surface area contributed by atoms with Crippen LogP contribution in [0.15, 0.2) is 36.4 Å². The van der Waals surface area contributed by atoms with E-state index >= 15 is 0 Å². The molecule has 1 saturated heterocycles. The van der Waals surface area contributed by atoms with Crippen molar-refractivity contribution in [3.8, 4) is 0 Å². The number of nitrogens with zero attached hydrogens (tertiary/aromatic N) is 2. The van der Waals surface area contributed by atoms with Crippen molar-refractivity contribution in [2.75, 3.05) is 36.4 Å². The predicted octanol–water partition coefficient (Wildman–Crippen LogP) is 5.59. The average molecular weight is 446 g/mol. The number of fused-ring (bicyclic) bond motifs is 1. The van der Waals surface area contributed by atoms with Crippen molar-refractivity contribution in [1.82, 2.24) is 10.3 Å². The summed E-state index contributed by atoms with van der Waals surface area (Å²) < 4.78 is 54.9. The van der Waals surface area contributed by atoms with Crippen molar-refractivity contribution in [1.29, 1.82) is 0 Å². The molecular weight excluding hydrogens is 420 g/mol. The average Bonchev–Trinajstić information content (AvgIpc) is 2.77. The fourth-order valence-electron chi connectivity index (χ4n) is 4.33. The molecule has 4 rings (SSSR count). The normalized spacial score (nSPS) is 15.8. The second-order valence-corrected chi connectivity index (χ2v) is 8.21. The molecule has 170 valence electrons. The lowest BCUT2D eigenvalue weighted by atomic mass is 9.97. The van der Waals surface area contributed by atoms with Gasteiger partial charge in [0.2, 0.25) is 0 Å². The molecule has 0 saturated carbocycles. The van der Waals surface area contributed by atoms with Gasteiger partial charge in [-0.3, -0.25) is 0 Å². The summed E-state index contributed by atoms with van der Waals surface area (Å²) in [6.07, 6.45) is -4.42. The van der Waals surface area contributed by atoms with Crippen LogP contribution in [-0.2, 0) is 6.18 Å². The van der Waals surface area contributed by atoms with Crippen molar-refractivity contribution < 1.29 is 17.6 Å². The molecule has 1 atom stereocenters. The summed E-state index contributed by atoms with van der Waals surface area (Å²) in [6, 6.07) is 9.27. The Morgan fingerprint density at radius 3 is 2.47 bits per heavy atom. The Kier molecular flexibility index (Phi) is 5.99. The molecule has 8 heteroatoms. The van der Waals surface area contributed by atoms with E-state index in [-0.39, 0.29) is 17.1 Å². The number of benzene rings is 2. The van der Waals surface area contributed by atoms with Gasteiger partial charge < -0.3 is 15.5 Å². The van der Waals surface area contributed by atoms with Crippen molar-refractivity contribution in [2.24, 2.45) is 0 Å². The van der Waals surface area contributed by atoms with Gasteiger partial charge in [-0.25, -0.2) is 9.37 Å². The molecule has 2 N–H and O–H groups in total. The lowest BCUT2D eigenvalue weighted by Crippen LogP contribution is -2.43. The van der Waals surface area contributed by atoms with Gasteiger partial charge in [0.05, 0.1) is 17.3 Å². The molecule has 2 aromatic carbocycles. The largest absolute Gasteiger partial charge is 0.416 e. The van der Waals surface area contributed by atoms with Crippen LogP contribution in [0.2, 0.25) is 0 Å². The molecule has 3 aromatic rings. The molecule has 1 aliphatic heterocycles. The maximum atomic E-state index is 14.8. The van der Waals surface area contributed by atoms with E-state index in [4.69, 9.17) is 0 Å². The first-order valence-corrected chi connectivity index (χ1v) is 10.7. The molecule has 4 nitrogen and oxygen atoms in total. The standard InChI is InChI=1S/C24H26F4N4/c1-14-18(5-4-6-21(14)24(26,27)28)15(2)30-23-20-13-17(32-11-9-29-10-12-32)7-8-19(20)22(25)16(3)31-23/h4-8,13,15,29H,9-12H2,1-3H3,(H,30,31)/t15-/m1/s1. The fraction of sp³-hybridized carbons (Fsp3) is 0.375. The first-order valence-electron chi connectivity index (χ1n) is 10.7. The second-order valence-electron chi connectivity index (χ2n) is 8.21. The first-order chi connectivity index (χ1) is 15.2. The molecule has 32 heavy (non-hydrogen) atoms. The zero-order valence-corrected chi connectivity index (χ0v) is 18.3. The Labute approximate surface area is 184 Å². The molecule has 0 aliphatic carbocycles. The van der Waals surface area contributed by atoms with Crippen molar-refractivity contribution >= 4 is 22.3 Å². The van der Waals surface area contributed by atoms with Gasteiger partial charge in [-0.15, -0.1) is 0 Å². The number of aryl methyl sites for hydroxylation is 1. The van der Waals surface area contributed by atoms with E-state index in [1.54, 1.807) is 26.0 Å². The van der Waals surface area contributed by atoms with E-state index in [2.05, 4.69) is 20.5 Å². The van der Waals surface area contributed by atoms with Gasteiger partial charge in [-0.05, 0) is 56.2 Å². The number of pyridine rings is 1. The maximum Gasteiger partial charge on any atom is 0.416 e. The number of hydrogen-bond donors (Lipinski definition) is 2. The Morgan fingerprint density at radius 1 is 1.06 bits per heavy atom. The maximum absolute atomic E-state index is 14.8. The van der Waals surface area contributed by atoms with Crippen LogP contribution in [0.25, 0.3) is 10.8 Å². The molecule has 1 aliphatic rings. The number of anilines is 2. The lowest BCUT2D eigenvalue weighted by Gasteiger charge is -2.30. The number of aromatic nitrogens is 1. The van der Waals surface area contributed by atoms with Gasteiger partial charge in [-0.1, -0.05) is 12.1 Å². The molecular formula is C24H26F4N4. The van der Waals surface area contributed by atoms with Crippen LogP contribution in [0.3, 0.4) is 0 Å². The summed E-state index contributed by atoms with van der Waals surface area (Å²) in [5.41, 5.74) is 1.25. The number of nitrogens with one attached hydrogen (secondary N) is 2. The molecule has 1 aromatic heterocycles. The number of halogens is 4. The highest BCUT2D eigenvalue weighted by Crippen LogP contribution is 2.36. The van der Waals surface area contributed by atoms with Crippen LogP contribution in [0, 0.1) is 19.7 Å². The molecule has 0 spiro atoms. The summed E-state index contributed by atoms with van der Waals surface area (Å²) in [5, 5.41) is 7.60. The number of rotatable bonds is 4. The molecule has 0 amide bonds. The number of piperazine rings is 1. The van der Waals surface area contributed by atoms with E-state index < -0.39 is 17.8 Å². The summed E-state index contributed by atoms with van der Waals surface area (Å²) in [7, 11) is 0. The third-order valence-corrected chi connectivity index (χ3v) is 6.07. The Balaban J connectivity index is 1.74. The Morgan fingerprint density at radius 2 is 1.78 bits per heavy atom. The van der Waals surface area contributed by atoms with Crippen molar-refractivity contribution in [3.63, 3.8) is 0 Å². The highest BCUT2D eigenvalue weighted by molar-refractivity contribution is 5.95. The predicted molar refractivity (Wildman–Crippen MR) is 120 cm³/mol. The minimum Gasteiger partial charge on any atom is -0.369 e. The second kappa shape index (κ2) is 8.58. The molecule has 2 heterocycles. The van der Waals surface area contributed by atoms with Gasteiger partial charge in [-0.2, -0.15) is 13.2 Å². The highest BCUT2D eigenvalue weighted by Gasteiger charge is 2.33. The van der Waals surface area contributed by atoms with E-state index in [0.29, 0.717) is 22.2 Å². The van der Waals surface area contributed by atoms with Gasteiger partial charge >= 0.3 is 6.18 Å². The van der Waals surface area contributed by atoms with E-state index in [9.17, 15) is 17.6 Å². The quantitative estimate of drug-likeness (QED) is 0.513. The molecule has 0 radical (unpaired) electrons. The smallest absolute Gasteiger partial charge is 0.369 e. The van der Waals surface area contributed by atoms with Crippen LogP contribution in [-0.4, -0.2) is 31.2 Å². The third-order valence-electron chi connectivity index (χ3n) is 6.07. The monoisotopic (exact) mass is 446 g/mol. The van der Waals surface area contributed by atoms with Crippen LogP contribution in [0.5, 0.6) is 0 Å². The number of hydrogen-bond acceptors (Lipinski definition) is 4. The van der Waals surface area contributed by atoms with E-state index in [1.165, 1.54) is 13.0 Å². The van der Waals surface area contributed by atoms with E-state index in [1.807, 2.05) is 12.1 Å². The Hall–Kier alpha value is -2.87. The van der Waals surface area contributed by atoms with Crippen LogP contribution in [0.1, 0.15) is 35.3 Å². The summed E-state index contributed by atoms with van der Waals surface area (Å²) >= 11 is 0. The highest BCUT2D eigenvalue weighted by atomic mass is 19.4. The summed E-state index contributed by atoms with van der Waals surface area (Å²) in [6.45, 7) is 8.27. The van der Waals surface area contributed by atoms with Crippen LogP contribution < -0.4 is 15.5 Å². The third kappa shape index (κ3) is 4.24. The SMILES string of the molecule is Cc1nc(N[C@H](C)c2cccc(C(F)(F)F)c2C)c2cc(N3CCNCC3)ccc2c1F. The van der Waals surface area contributed by atoms with Crippen LogP contribution in [0.4, 0.5) is 29.1 Å². The summed E-state index contributed by atoms with van der Waals surface area (Å²) in [4.78, 5) is 6.63. The zero-order chi connectivity index (χ0) is 23.0. The van der Waals surface area contributed by atoms with Gasteiger partial charge in [0.1, 0.15) is 5.82 Å². The zero-order valence-electron chi connectivity index (χ0n) is 18.3. The topological polar surface area (TPSA) is 40.2 Å². The van der Waals surface area contributed by atoms with Crippen LogP contribution >= 0.6 is 0 Å². The van der Waals surface area contributed by atoms with Gasteiger partial charge in [0.25, 0.3) is 0 Å². The minimum absolute atomic E-state index is 0.171. The lowest BCUT2D eigenvalue weighted by molar-refractivity contribution is -0.138. The fourth-order valence-corrected chi connectivity index (χ4v) is 4.33. The Bertz CT molecular complexity index is 1140. The molecule has 0 bridgehead atoms. The summed E-state index contributed by atoms with van der Waals surface area (Å²) in [5.74, 6) is 0.0699. The molecule has 1 fully saturated rings. The molecule has 0 unspecified atom stereocenters. The van der Waals surface area contributed by atoms with Crippen molar-refractivity contribution in [3.05, 3.63) is 64.6 Å². The van der Waals surface area contributed by atoms with Crippen molar-refractivity contribution in [2.45, 2.75) is 33.0 Å². The van der Waals surface area contributed by atoms with Gasteiger partial charge in [0, 0.05) is 42.6 Å². The first kappa shape index (κ1) is 22.3. The minimum atomic E-state index is -4.42. The van der Waals surface area contributed by atoms with E-state index in [0.717, 1.165) is 37.9 Å². The van der Waals surface area contributed by atoms with Gasteiger partial charge in [0.15, 0.2) is 5.82 Å².